The lowest BCUT2D eigenvalue weighted by atomic mass is 10.1. The minimum Gasteiger partial charge on any atom is -0.472 e. The molecule has 1 aromatic heterocycles. The molecule has 0 aliphatic carbocycles. The number of amides is 1. The maximum atomic E-state index is 11.8. The van der Waals surface area contributed by atoms with Gasteiger partial charge in [0.2, 0.25) is 11.8 Å². The zero-order valence-corrected chi connectivity index (χ0v) is 10.5. The Morgan fingerprint density at radius 3 is 3.22 bits per heavy atom. The minimum absolute atomic E-state index is 0.0165. The lowest BCUT2D eigenvalue weighted by Gasteiger charge is -2.31. The molecule has 1 aliphatic rings. The third-order valence-corrected chi connectivity index (χ3v) is 2.84. The van der Waals surface area contributed by atoms with Gasteiger partial charge >= 0.3 is 0 Å². The van der Waals surface area contributed by atoms with Gasteiger partial charge in [-0.15, -0.1) is 0 Å². The Labute approximate surface area is 106 Å². The highest BCUT2D eigenvalue weighted by Gasteiger charge is 2.23. The van der Waals surface area contributed by atoms with Crippen molar-refractivity contribution >= 4 is 5.91 Å². The van der Waals surface area contributed by atoms with Crippen molar-refractivity contribution in [2.45, 2.75) is 25.9 Å². The molecular weight excluding hydrogens is 230 g/mol. The Bertz CT molecular complexity index is 420. The third kappa shape index (κ3) is 3.29. The van der Waals surface area contributed by atoms with Gasteiger partial charge in [-0.2, -0.15) is 0 Å². The van der Waals surface area contributed by atoms with Crippen molar-refractivity contribution in [2.24, 2.45) is 0 Å². The van der Waals surface area contributed by atoms with Crippen LogP contribution >= 0.6 is 0 Å². The Balaban J connectivity index is 1.93. The van der Waals surface area contributed by atoms with Gasteiger partial charge in [-0.3, -0.25) is 4.79 Å². The molecule has 1 fully saturated rings. The van der Waals surface area contributed by atoms with Crippen LogP contribution in [0.5, 0.6) is 5.88 Å². The lowest BCUT2D eigenvalue weighted by molar-refractivity contribution is -0.128. The second-order valence-corrected chi connectivity index (χ2v) is 4.21. The molecule has 0 radical (unpaired) electrons. The molecule has 1 unspecified atom stereocenters. The fourth-order valence-electron chi connectivity index (χ4n) is 2.00. The quantitative estimate of drug-likeness (QED) is 0.758. The summed E-state index contributed by atoms with van der Waals surface area (Å²) in [5.41, 5.74) is 0. The zero-order chi connectivity index (χ0) is 12.8. The molecule has 1 saturated heterocycles. The van der Waals surface area contributed by atoms with Crippen LogP contribution in [0.15, 0.2) is 30.7 Å². The Kier molecular flexibility index (Phi) is 4.28. The highest BCUT2D eigenvalue weighted by atomic mass is 16.5. The summed E-state index contributed by atoms with van der Waals surface area (Å²) >= 11 is 0. The van der Waals surface area contributed by atoms with Crippen LogP contribution < -0.4 is 4.74 Å². The second kappa shape index (κ2) is 6.14. The van der Waals surface area contributed by atoms with E-state index in [2.05, 4.69) is 9.97 Å². The summed E-state index contributed by atoms with van der Waals surface area (Å²) in [6.45, 7) is 3.26. The van der Waals surface area contributed by atoms with Crippen LogP contribution in [0.2, 0.25) is 0 Å². The van der Waals surface area contributed by atoms with E-state index in [1.165, 1.54) is 6.33 Å². The summed E-state index contributed by atoms with van der Waals surface area (Å²) in [6, 6.07) is 1.73. The molecule has 0 saturated carbocycles. The molecule has 1 atom stereocenters. The highest BCUT2D eigenvalue weighted by molar-refractivity contribution is 5.87. The van der Waals surface area contributed by atoms with Crippen molar-refractivity contribution in [2.75, 3.05) is 13.1 Å². The molecule has 96 valence electrons. The first kappa shape index (κ1) is 12.5. The van der Waals surface area contributed by atoms with Gasteiger partial charge in [0.1, 0.15) is 12.4 Å². The van der Waals surface area contributed by atoms with Crippen LogP contribution in [0.4, 0.5) is 0 Å². The van der Waals surface area contributed by atoms with E-state index in [-0.39, 0.29) is 12.0 Å². The van der Waals surface area contributed by atoms with E-state index in [0.717, 1.165) is 19.4 Å². The number of hydrogen-bond donors (Lipinski definition) is 0. The number of piperidine rings is 1. The molecule has 1 aliphatic heterocycles. The van der Waals surface area contributed by atoms with Gasteiger partial charge in [0.15, 0.2) is 0 Å². The largest absolute Gasteiger partial charge is 0.472 e. The SMILES string of the molecule is C/C=C/C(=O)N1CCCC(Oc2ccncn2)C1. The molecule has 1 aromatic rings. The second-order valence-electron chi connectivity index (χ2n) is 4.21. The van der Waals surface area contributed by atoms with Gasteiger partial charge in [0.25, 0.3) is 0 Å². The van der Waals surface area contributed by atoms with Crippen molar-refractivity contribution in [3.05, 3.63) is 30.7 Å². The molecule has 18 heavy (non-hydrogen) atoms. The van der Waals surface area contributed by atoms with E-state index in [9.17, 15) is 4.79 Å². The van der Waals surface area contributed by atoms with Gasteiger partial charge < -0.3 is 9.64 Å². The third-order valence-electron chi connectivity index (χ3n) is 2.84. The Morgan fingerprint density at radius 2 is 2.50 bits per heavy atom. The smallest absolute Gasteiger partial charge is 0.246 e. The van der Waals surface area contributed by atoms with Gasteiger partial charge in [-0.05, 0) is 25.8 Å². The highest BCUT2D eigenvalue weighted by Crippen LogP contribution is 2.16. The van der Waals surface area contributed by atoms with Crippen LogP contribution in [0.25, 0.3) is 0 Å². The maximum Gasteiger partial charge on any atom is 0.246 e. The number of nitrogens with zero attached hydrogens (tertiary/aromatic N) is 3. The van der Waals surface area contributed by atoms with Crippen molar-refractivity contribution in [3.63, 3.8) is 0 Å². The summed E-state index contributed by atoms with van der Waals surface area (Å²) in [5.74, 6) is 0.615. The lowest BCUT2D eigenvalue weighted by Crippen LogP contribution is -2.43. The van der Waals surface area contributed by atoms with Crippen molar-refractivity contribution in [1.82, 2.24) is 14.9 Å². The minimum atomic E-state index is 0.0165. The predicted molar refractivity (Wildman–Crippen MR) is 67.1 cm³/mol. The Morgan fingerprint density at radius 1 is 1.61 bits per heavy atom. The van der Waals surface area contributed by atoms with Crippen molar-refractivity contribution < 1.29 is 9.53 Å². The average Bonchev–Trinajstić information content (AvgIpc) is 2.40. The van der Waals surface area contributed by atoms with Crippen LogP contribution in [-0.2, 0) is 4.79 Å². The number of hydrogen-bond acceptors (Lipinski definition) is 4. The predicted octanol–water partition coefficient (Wildman–Crippen LogP) is 1.42. The van der Waals surface area contributed by atoms with Crippen LogP contribution in [0.3, 0.4) is 0 Å². The van der Waals surface area contributed by atoms with Gasteiger partial charge in [0.05, 0.1) is 6.54 Å². The van der Waals surface area contributed by atoms with Crippen LogP contribution in [0, 0.1) is 0 Å². The molecule has 2 heterocycles. The van der Waals surface area contributed by atoms with E-state index in [4.69, 9.17) is 4.74 Å². The first-order valence-corrected chi connectivity index (χ1v) is 6.14. The van der Waals surface area contributed by atoms with Crippen molar-refractivity contribution in [1.29, 1.82) is 0 Å². The molecule has 0 bridgehead atoms. The van der Waals surface area contributed by atoms with E-state index in [0.29, 0.717) is 12.4 Å². The normalized spacial score (nSPS) is 20.1. The number of carbonyl (C=O) groups is 1. The maximum absolute atomic E-state index is 11.8. The number of ether oxygens (including phenoxy) is 1. The summed E-state index contributed by atoms with van der Waals surface area (Å²) in [4.78, 5) is 21.4. The van der Waals surface area contributed by atoms with E-state index in [1.54, 1.807) is 24.4 Å². The standard InChI is InChI=1S/C13H17N3O2/c1-2-4-13(17)16-8-3-5-11(9-16)18-12-6-7-14-10-15-12/h2,4,6-7,10-11H,3,5,8-9H2,1H3/b4-2+. The van der Waals surface area contributed by atoms with E-state index in [1.807, 2.05) is 11.8 Å². The molecule has 1 amide bonds. The first-order chi connectivity index (χ1) is 8.79. The van der Waals surface area contributed by atoms with Gasteiger partial charge in [-0.25, -0.2) is 9.97 Å². The Hall–Kier alpha value is -1.91. The fourth-order valence-corrected chi connectivity index (χ4v) is 2.00. The molecule has 0 aromatic carbocycles. The molecule has 0 N–H and O–H groups in total. The number of allylic oxidation sites excluding steroid dienone is 1. The molecule has 5 heteroatoms. The topological polar surface area (TPSA) is 55.3 Å². The van der Waals surface area contributed by atoms with Crippen molar-refractivity contribution in [3.8, 4) is 5.88 Å². The van der Waals surface area contributed by atoms with E-state index >= 15 is 0 Å². The van der Waals surface area contributed by atoms with Crippen LogP contribution in [0.1, 0.15) is 19.8 Å². The molecule has 2 rings (SSSR count). The molecule has 5 nitrogen and oxygen atoms in total. The number of rotatable bonds is 3. The van der Waals surface area contributed by atoms with E-state index < -0.39 is 0 Å². The number of carbonyl (C=O) groups excluding carboxylic acids is 1. The number of likely N-dealkylation sites (tertiary alicyclic amines) is 1. The summed E-state index contributed by atoms with van der Waals surface area (Å²) < 4.78 is 5.74. The fraction of sp³-hybridized carbons (Fsp3) is 0.462. The summed E-state index contributed by atoms with van der Waals surface area (Å²) in [6.07, 6.45) is 8.38. The first-order valence-electron chi connectivity index (χ1n) is 6.14. The molecular formula is C13H17N3O2. The average molecular weight is 247 g/mol. The summed E-state index contributed by atoms with van der Waals surface area (Å²) in [5, 5.41) is 0. The monoisotopic (exact) mass is 247 g/mol. The number of aromatic nitrogens is 2. The molecule has 0 spiro atoms. The van der Waals surface area contributed by atoms with Gasteiger partial charge in [-0.1, -0.05) is 6.08 Å². The zero-order valence-electron chi connectivity index (χ0n) is 10.5. The van der Waals surface area contributed by atoms with Gasteiger partial charge in [0, 0.05) is 18.8 Å². The van der Waals surface area contributed by atoms with Crippen LogP contribution in [-0.4, -0.2) is 40.0 Å². The summed E-state index contributed by atoms with van der Waals surface area (Å²) in [7, 11) is 0.